The first kappa shape index (κ1) is 13.4. The molecule has 4 heteroatoms. The molecule has 0 aliphatic rings. The molecule has 0 aliphatic heterocycles. The zero-order valence-electron chi connectivity index (χ0n) is 11.0. The summed E-state index contributed by atoms with van der Waals surface area (Å²) >= 11 is 0. The number of nitrogens with zero attached hydrogens (tertiary/aromatic N) is 1. The maximum absolute atomic E-state index is 5.68. The molecule has 19 heavy (non-hydrogen) atoms. The Morgan fingerprint density at radius 1 is 1.11 bits per heavy atom. The normalized spacial score (nSPS) is 10.2. The number of hydrogen-bond acceptors (Lipinski definition) is 4. The van der Waals surface area contributed by atoms with Gasteiger partial charge in [0.25, 0.3) is 0 Å². The summed E-state index contributed by atoms with van der Waals surface area (Å²) in [6, 6.07) is 13.6. The topological polar surface area (TPSA) is 57.4 Å². The number of pyridine rings is 1. The smallest absolute Gasteiger partial charge is 0.213 e. The largest absolute Gasteiger partial charge is 0.487 e. The van der Waals surface area contributed by atoms with E-state index in [2.05, 4.69) is 4.98 Å². The van der Waals surface area contributed by atoms with Gasteiger partial charge in [-0.1, -0.05) is 18.2 Å². The molecule has 1 heterocycles. The van der Waals surface area contributed by atoms with Crippen LogP contribution in [0.1, 0.15) is 11.3 Å². The van der Waals surface area contributed by atoms with Crippen LogP contribution in [0.3, 0.4) is 0 Å². The Balaban J connectivity index is 1.94. The van der Waals surface area contributed by atoms with E-state index in [-0.39, 0.29) is 0 Å². The Hall–Kier alpha value is -2.07. The molecule has 0 aliphatic carbocycles. The van der Waals surface area contributed by atoms with Crippen molar-refractivity contribution in [3.05, 3.63) is 53.7 Å². The van der Waals surface area contributed by atoms with E-state index in [9.17, 15) is 0 Å². The molecule has 1 aromatic heterocycles. The van der Waals surface area contributed by atoms with Crippen LogP contribution < -0.4 is 15.2 Å². The van der Waals surface area contributed by atoms with Crippen LogP contribution in [0.15, 0.2) is 42.5 Å². The molecule has 2 N–H and O–H groups in total. The van der Waals surface area contributed by atoms with Gasteiger partial charge in [-0.3, -0.25) is 0 Å². The molecule has 0 fully saturated rings. The zero-order chi connectivity index (χ0) is 13.5. The van der Waals surface area contributed by atoms with Crippen LogP contribution in [0.2, 0.25) is 0 Å². The molecule has 0 bridgehead atoms. The molecule has 1 aromatic carbocycles. The van der Waals surface area contributed by atoms with E-state index in [1.807, 2.05) is 42.5 Å². The van der Waals surface area contributed by atoms with Crippen LogP contribution in [-0.4, -0.2) is 18.6 Å². The van der Waals surface area contributed by atoms with E-state index in [0.29, 0.717) is 19.0 Å². The number of nitrogens with two attached hydrogens (primary N) is 1. The van der Waals surface area contributed by atoms with E-state index in [4.69, 9.17) is 15.2 Å². The van der Waals surface area contributed by atoms with Crippen molar-refractivity contribution < 1.29 is 9.47 Å². The molecule has 0 saturated heterocycles. The Morgan fingerprint density at radius 2 is 1.89 bits per heavy atom. The minimum Gasteiger partial charge on any atom is -0.487 e. The third kappa shape index (κ3) is 3.96. The lowest BCUT2D eigenvalue weighted by molar-refractivity contribution is 0.298. The molecular formula is C15H18N2O2. The van der Waals surface area contributed by atoms with Crippen LogP contribution in [0.5, 0.6) is 11.6 Å². The first-order valence-electron chi connectivity index (χ1n) is 6.23. The second-order valence-corrected chi connectivity index (χ2v) is 4.14. The summed E-state index contributed by atoms with van der Waals surface area (Å²) in [5.41, 5.74) is 7.56. The van der Waals surface area contributed by atoms with Crippen LogP contribution in [0, 0.1) is 0 Å². The fraction of sp³-hybridized carbons (Fsp3) is 0.267. The highest BCUT2D eigenvalue weighted by Crippen LogP contribution is 2.15. The van der Waals surface area contributed by atoms with Gasteiger partial charge in [-0.2, -0.15) is 0 Å². The van der Waals surface area contributed by atoms with Crippen molar-refractivity contribution in [2.45, 2.75) is 13.0 Å². The molecule has 0 spiro atoms. The van der Waals surface area contributed by atoms with Crippen molar-refractivity contribution in [2.75, 3.05) is 13.7 Å². The van der Waals surface area contributed by atoms with Gasteiger partial charge in [0.15, 0.2) is 0 Å². The SMILES string of the molecule is COc1cccc(COc2ccc(CCN)cc2)n1. The lowest BCUT2D eigenvalue weighted by atomic mass is 10.1. The molecule has 0 atom stereocenters. The second kappa shape index (κ2) is 6.75. The van der Waals surface area contributed by atoms with Gasteiger partial charge >= 0.3 is 0 Å². The summed E-state index contributed by atoms with van der Waals surface area (Å²) in [4.78, 5) is 4.29. The van der Waals surface area contributed by atoms with Crippen molar-refractivity contribution in [3.8, 4) is 11.6 Å². The van der Waals surface area contributed by atoms with Crippen LogP contribution >= 0.6 is 0 Å². The zero-order valence-corrected chi connectivity index (χ0v) is 11.0. The van der Waals surface area contributed by atoms with Gasteiger partial charge in [-0.05, 0) is 36.7 Å². The van der Waals surface area contributed by atoms with Gasteiger partial charge in [0, 0.05) is 6.07 Å². The summed E-state index contributed by atoms with van der Waals surface area (Å²) in [7, 11) is 1.60. The molecule has 0 unspecified atom stereocenters. The van der Waals surface area contributed by atoms with Gasteiger partial charge < -0.3 is 15.2 Å². The first-order valence-corrected chi connectivity index (χ1v) is 6.23. The van der Waals surface area contributed by atoms with Gasteiger partial charge in [0.2, 0.25) is 5.88 Å². The van der Waals surface area contributed by atoms with Gasteiger partial charge in [-0.25, -0.2) is 4.98 Å². The summed E-state index contributed by atoms with van der Waals surface area (Å²) < 4.78 is 10.7. The average Bonchev–Trinajstić information content (AvgIpc) is 2.47. The summed E-state index contributed by atoms with van der Waals surface area (Å²) in [6.45, 7) is 1.08. The molecule has 0 saturated carbocycles. The summed E-state index contributed by atoms with van der Waals surface area (Å²) in [5.74, 6) is 1.42. The Kier molecular flexibility index (Phi) is 4.75. The Morgan fingerprint density at radius 3 is 2.58 bits per heavy atom. The van der Waals surface area contributed by atoms with Crippen LogP contribution in [-0.2, 0) is 13.0 Å². The highest BCUT2D eigenvalue weighted by molar-refractivity contribution is 5.27. The van der Waals surface area contributed by atoms with Crippen molar-refractivity contribution in [1.29, 1.82) is 0 Å². The maximum atomic E-state index is 5.68. The molecule has 2 rings (SSSR count). The standard InChI is InChI=1S/C15H18N2O2/c1-18-15-4-2-3-13(17-15)11-19-14-7-5-12(6-8-14)9-10-16/h2-8H,9-11,16H2,1H3. The predicted octanol–water partition coefficient (Wildman–Crippen LogP) is 2.17. The molecular weight excluding hydrogens is 240 g/mol. The lowest BCUT2D eigenvalue weighted by Gasteiger charge is -2.07. The molecule has 100 valence electrons. The minimum atomic E-state index is 0.424. The van der Waals surface area contributed by atoms with Gasteiger partial charge in [0.05, 0.1) is 12.8 Å². The number of methoxy groups -OCH3 is 1. The number of aromatic nitrogens is 1. The Bertz CT molecular complexity index is 512. The van der Waals surface area contributed by atoms with Crippen molar-refractivity contribution in [2.24, 2.45) is 5.73 Å². The summed E-state index contributed by atoms with van der Waals surface area (Å²) in [6.07, 6.45) is 0.887. The average molecular weight is 258 g/mol. The monoisotopic (exact) mass is 258 g/mol. The summed E-state index contributed by atoms with van der Waals surface area (Å²) in [5, 5.41) is 0. The second-order valence-electron chi connectivity index (χ2n) is 4.14. The van der Waals surface area contributed by atoms with Crippen molar-refractivity contribution >= 4 is 0 Å². The fourth-order valence-electron chi connectivity index (χ4n) is 1.73. The highest BCUT2D eigenvalue weighted by atomic mass is 16.5. The van der Waals surface area contributed by atoms with Crippen LogP contribution in [0.25, 0.3) is 0 Å². The van der Waals surface area contributed by atoms with E-state index < -0.39 is 0 Å². The maximum Gasteiger partial charge on any atom is 0.213 e. The molecule has 4 nitrogen and oxygen atoms in total. The minimum absolute atomic E-state index is 0.424. The predicted molar refractivity (Wildman–Crippen MR) is 74.3 cm³/mol. The van der Waals surface area contributed by atoms with E-state index in [1.165, 1.54) is 5.56 Å². The number of rotatable bonds is 6. The molecule has 2 aromatic rings. The van der Waals surface area contributed by atoms with Gasteiger partial charge in [0.1, 0.15) is 12.4 Å². The van der Waals surface area contributed by atoms with Crippen molar-refractivity contribution in [3.63, 3.8) is 0 Å². The van der Waals surface area contributed by atoms with Crippen molar-refractivity contribution in [1.82, 2.24) is 4.98 Å². The van der Waals surface area contributed by atoms with Gasteiger partial charge in [-0.15, -0.1) is 0 Å². The quantitative estimate of drug-likeness (QED) is 0.862. The number of hydrogen-bond donors (Lipinski definition) is 1. The molecule has 0 radical (unpaired) electrons. The first-order chi connectivity index (χ1) is 9.31. The van der Waals surface area contributed by atoms with E-state index in [0.717, 1.165) is 17.9 Å². The Labute approximate surface area is 113 Å². The fourth-order valence-corrected chi connectivity index (χ4v) is 1.73. The van der Waals surface area contributed by atoms with E-state index in [1.54, 1.807) is 7.11 Å². The third-order valence-electron chi connectivity index (χ3n) is 2.73. The van der Waals surface area contributed by atoms with E-state index >= 15 is 0 Å². The van der Waals surface area contributed by atoms with Crippen LogP contribution in [0.4, 0.5) is 0 Å². The third-order valence-corrected chi connectivity index (χ3v) is 2.73. The number of ether oxygens (including phenoxy) is 2. The highest BCUT2D eigenvalue weighted by Gasteiger charge is 2.00. The lowest BCUT2D eigenvalue weighted by Crippen LogP contribution is -2.03. The number of benzene rings is 1. The molecule has 0 amide bonds.